The Labute approximate surface area is 140 Å². The van der Waals surface area contributed by atoms with E-state index in [4.69, 9.17) is 5.73 Å². The third-order valence-electron chi connectivity index (χ3n) is 4.18. The quantitative estimate of drug-likeness (QED) is 0.870. The van der Waals surface area contributed by atoms with Crippen molar-refractivity contribution in [2.24, 2.45) is 5.73 Å². The average Bonchev–Trinajstić information content (AvgIpc) is 2.62. The van der Waals surface area contributed by atoms with Crippen molar-refractivity contribution < 1.29 is 9.59 Å². The van der Waals surface area contributed by atoms with Gasteiger partial charge in [0.25, 0.3) is 0 Å². The Morgan fingerprint density at radius 1 is 1.25 bits per heavy atom. The van der Waals surface area contributed by atoms with Crippen molar-refractivity contribution in [3.63, 3.8) is 0 Å². The Morgan fingerprint density at radius 2 is 2.04 bits per heavy atom. The van der Waals surface area contributed by atoms with Gasteiger partial charge in [-0.15, -0.1) is 0 Å². The van der Waals surface area contributed by atoms with Crippen LogP contribution in [0.5, 0.6) is 0 Å². The molecule has 0 bridgehead atoms. The van der Waals surface area contributed by atoms with Gasteiger partial charge in [-0.1, -0.05) is 30.3 Å². The topological polar surface area (TPSA) is 88.3 Å². The van der Waals surface area contributed by atoms with E-state index in [-0.39, 0.29) is 5.91 Å². The zero-order valence-electron chi connectivity index (χ0n) is 13.3. The molecular weight excluding hydrogens is 304 g/mol. The van der Waals surface area contributed by atoms with E-state index < -0.39 is 18.0 Å². The van der Waals surface area contributed by atoms with Crippen molar-refractivity contribution >= 4 is 17.5 Å². The van der Waals surface area contributed by atoms with Crippen LogP contribution in [0.4, 0.5) is 5.69 Å². The minimum atomic E-state index is -0.686. The fraction of sp³-hybridized carbons (Fsp3) is 0.278. The highest BCUT2D eigenvalue weighted by molar-refractivity contribution is 5.98. The number of nitrogens with two attached hydrogens (primary N) is 1. The molecule has 1 saturated heterocycles. The highest BCUT2D eigenvalue weighted by Gasteiger charge is 2.32. The van der Waals surface area contributed by atoms with Crippen molar-refractivity contribution in [3.05, 3.63) is 60.4 Å². The van der Waals surface area contributed by atoms with E-state index in [0.717, 1.165) is 17.7 Å². The second-order valence-corrected chi connectivity index (χ2v) is 5.81. The van der Waals surface area contributed by atoms with Gasteiger partial charge >= 0.3 is 0 Å². The van der Waals surface area contributed by atoms with Crippen LogP contribution in [0.25, 0.3) is 0 Å². The number of primary amides is 1. The predicted octanol–water partition coefficient (Wildman–Crippen LogP) is 1.39. The first-order valence-electron chi connectivity index (χ1n) is 7.98. The molecule has 2 heterocycles. The van der Waals surface area contributed by atoms with Gasteiger partial charge in [-0.05, 0) is 30.5 Å². The summed E-state index contributed by atoms with van der Waals surface area (Å²) in [5.74, 6) is -0.552. The van der Waals surface area contributed by atoms with Crippen LogP contribution in [0.2, 0.25) is 0 Å². The number of hydrogen-bond donors (Lipinski definition) is 2. The Kier molecular flexibility index (Phi) is 4.86. The number of carbonyl (C=O) groups is 2. The maximum absolute atomic E-state index is 12.8. The van der Waals surface area contributed by atoms with Crippen LogP contribution in [-0.2, 0) is 9.59 Å². The lowest BCUT2D eigenvalue weighted by Crippen LogP contribution is -2.53. The van der Waals surface area contributed by atoms with Gasteiger partial charge in [0.15, 0.2) is 0 Å². The van der Waals surface area contributed by atoms with Crippen LogP contribution < -0.4 is 16.0 Å². The molecule has 3 rings (SSSR count). The van der Waals surface area contributed by atoms with Gasteiger partial charge < -0.3 is 10.6 Å². The van der Waals surface area contributed by atoms with E-state index in [1.54, 1.807) is 23.4 Å². The normalized spacial score (nSPS) is 19.1. The molecule has 2 amide bonds. The zero-order valence-corrected chi connectivity index (χ0v) is 13.3. The summed E-state index contributed by atoms with van der Waals surface area (Å²) in [5, 5.41) is 3.14. The van der Waals surface area contributed by atoms with Crippen molar-refractivity contribution in [2.45, 2.75) is 24.9 Å². The molecule has 1 aliphatic heterocycles. The van der Waals surface area contributed by atoms with Crippen molar-refractivity contribution in [3.8, 4) is 0 Å². The number of carbonyl (C=O) groups excluding carboxylic acids is 2. The van der Waals surface area contributed by atoms with Crippen LogP contribution in [0, 0.1) is 0 Å². The number of pyridine rings is 1. The average molecular weight is 324 g/mol. The third kappa shape index (κ3) is 3.44. The lowest BCUT2D eigenvalue weighted by molar-refractivity contribution is -0.123. The Bertz CT molecular complexity index is 705. The highest BCUT2D eigenvalue weighted by Crippen LogP contribution is 2.22. The number of piperidine rings is 1. The van der Waals surface area contributed by atoms with Crippen LogP contribution in [0.15, 0.2) is 54.9 Å². The van der Waals surface area contributed by atoms with Crippen molar-refractivity contribution in [1.82, 2.24) is 10.3 Å². The number of amides is 2. The standard InChI is InChI=1S/C18H20N4O2/c19-17(23)16(13-6-2-1-3-7-13)21-15-9-5-11-22(18(15)24)14-8-4-10-20-12-14/h1-4,6-8,10,12,15-16,21H,5,9,11H2,(H2,19,23)/t15-,16-/m1/s1. The SMILES string of the molecule is NC(=O)[C@H](N[C@@H]1CCCN(c2cccnc2)C1=O)c1ccccc1. The van der Waals surface area contributed by atoms with E-state index in [1.807, 2.05) is 36.4 Å². The zero-order chi connectivity index (χ0) is 16.9. The molecule has 1 aromatic carbocycles. The Hall–Kier alpha value is -2.73. The smallest absolute Gasteiger partial charge is 0.244 e. The molecule has 1 fully saturated rings. The van der Waals surface area contributed by atoms with E-state index >= 15 is 0 Å². The van der Waals surface area contributed by atoms with E-state index in [1.165, 1.54) is 0 Å². The number of rotatable bonds is 5. The molecule has 1 aromatic heterocycles. The molecule has 1 aliphatic rings. The van der Waals surface area contributed by atoms with Crippen molar-refractivity contribution in [1.29, 1.82) is 0 Å². The van der Waals surface area contributed by atoms with Crippen molar-refractivity contribution in [2.75, 3.05) is 11.4 Å². The lowest BCUT2D eigenvalue weighted by atomic mass is 10.00. The molecule has 0 unspecified atom stereocenters. The summed E-state index contributed by atoms with van der Waals surface area (Å²) < 4.78 is 0. The summed E-state index contributed by atoms with van der Waals surface area (Å²) in [7, 11) is 0. The largest absolute Gasteiger partial charge is 0.368 e. The summed E-state index contributed by atoms with van der Waals surface area (Å²) in [6, 6.07) is 11.7. The first-order valence-corrected chi connectivity index (χ1v) is 7.98. The number of nitrogens with one attached hydrogen (secondary N) is 1. The minimum Gasteiger partial charge on any atom is -0.368 e. The van der Waals surface area contributed by atoms with Gasteiger partial charge in [-0.2, -0.15) is 0 Å². The maximum Gasteiger partial charge on any atom is 0.244 e. The summed E-state index contributed by atoms with van der Waals surface area (Å²) in [6.45, 7) is 0.648. The van der Waals surface area contributed by atoms with E-state index in [2.05, 4.69) is 10.3 Å². The van der Waals surface area contributed by atoms with Gasteiger partial charge in [0.2, 0.25) is 11.8 Å². The van der Waals surface area contributed by atoms with Crippen LogP contribution >= 0.6 is 0 Å². The molecule has 0 saturated carbocycles. The first-order chi connectivity index (χ1) is 11.7. The molecule has 0 radical (unpaired) electrons. The summed E-state index contributed by atoms with van der Waals surface area (Å²) in [5.41, 5.74) is 7.07. The van der Waals surface area contributed by atoms with Gasteiger partial charge in [-0.25, -0.2) is 0 Å². The molecule has 24 heavy (non-hydrogen) atoms. The molecule has 2 aromatic rings. The second-order valence-electron chi connectivity index (χ2n) is 5.81. The molecule has 6 heteroatoms. The van der Waals surface area contributed by atoms with Crippen LogP contribution in [0.1, 0.15) is 24.4 Å². The highest BCUT2D eigenvalue weighted by atomic mass is 16.2. The van der Waals surface area contributed by atoms with Gasteiger partial charge in [0.05, 0.1) is 17.9 Å². The molecule has 6 nitrogen and oxygen atoms in total. The Morgan fingerprint density at radius 3 is 2.71 bits per heavy atom. The number of benzene rings is 1. The molecular formula is C18H20N4O2. The van der Waals surface area contributed by atoms with Crippen LogP contribution in [-0.4, -0.2) is 29.4 Å². The summed E-state index contributed by atoms with van der Waals surface area (Å²) in [6.07, 6.45) is 4.86. The summed E-state index contributed by atoms with van der Waals surface area (Å²) in [4.78, 5) is 30.4. The third-order valence-corrected chi connectivity index (χ3v) is 4.18. The maximum atomic E-state index is 12.8. The number of hydrogen-bond acceptors (Lipinski definition) is 4. The monoisotopic (exact) mass is 324 g/mol. The molecule has 2 atom stereocenters. The molecule has 0 aliphatic carbocycles. The first kappa shape index (κ1) is 16.1. The van der Waals surface area contributed by atoms with E-state index in [0.29, 0.717) is 13.0 Å². The molecule has 0 spiro atoms. The number of aromatic nitrogens is 1. The minimum absolute atomic E-state index is 0.0589. The lowest BCUT2D eigenvalue weighted by Gasteiger charge is -2.34. The van der Waals surface area contributed by atoms with Crippen LogP contribution in [0.3, 0.4) is 0 Å². The molecule has 124 valence electrons. The fourth-order valence-corrected chi connectivity index (χ4v) is 2.99. The molecule has 3 N–H and O–H groups in total. The number of nitrogens with zero attached hydrogens (tertiary/aromatic N) is 2. The van der Waals surface area contributed by atoms with Gasteiger partial charge in [0.1, 0.15) is 6.04 Å². The van der Waals surface area contributed by atoms with Gasteiger partial charge in [-0.3, -0.25) is 19.9 Å². The van der Waals surface area contributed by atoms with Gasteiger partial charge in [0, 0.05) is 12.7 Å². The fourth-order valence-electron chi connectivity index (χ4n) is 2.99. The number of anilines is 1. The predicted molar refractivity (Wildman–Crippen MR) is 91.1 cm³/mol. The van der Waals surface area contributed by atoms with E-state index in [9.17, 15) is 9.59 Å². The Balaban J connectivity index is 1.78. The summed E-state index contributed by atoms with van der Waals surface area (Å²) >= 11 is 0. The second kappa shape index (κ2) is 7.23.